The van der Waals surface area contributed by atoms with Crippen LogP contribution in [0, 0.1) is 0 Å². The van der Waals surface area contributed by atoms with E-state index in [-0.39, 0.29) is 12.1 Å². The Hall–Kier alpha value is -0.810. The molecule has 1 unspecified atom stereocenters. The highest BCUT2D eigenvalue weighted by Gasteiger charge is 2.13. The molecule has 1 atom stereocenters. The highest BCUT2D eigenvalue weighted by molar-refractivity contribution is 5.73. The second kappa shape index (κ2) is 4.92. The number of carbonyl (C=O) groups is 1. The Balaban J connectivity index is 3.80. The molecule has 0 radical (unpaired) electrons. The molecule has 0 saturated carbocycles. The smallest absolute Gasteiger partial charge is 0.331 e. The molecule has 0 aromatic rings. The number of nitrogens with one attached hydrogen (secondary N) is 1. The minimum Gasteiger partial charge on any atom is -0.383 e. The van der Waals surface area contributed by atoms with Crippen LogP contribution in [-0.4, -0.2) is 37.7 Å². The lowest BCUT2D eigenvalue weighted by molar-refractivity contribution is 0.123. The number of urea groups is 1. The number of methoxy groups -OCH3 is 1. The number of likely N-dealkylation sites (N-methyl/N-ethyl adjacent to an activating group) is 1. The molecular formula is C6H15N3O2. The third-order valence-corrected chi connectivity index (χ3v) is 1.51. The summed E-state index contributed by atoms with van der Waals surface area (Å²) in [6.45, 7) is 2.38. The average molecular weight is 161 g/mol. The van der Waals surface area contributed by atoms with Crippen LogP contribution < -0.4 is 11.3 Å². The van der Waals surface area contributed by atoms with Crippen molar-refractivity contribution in [1.82, 2.24) is 10.3 Å². The minimum atomic E-state index is -0.311. The molecule has 0 saturated heterocycles. The van der Waals surface area contributed by atoms with E-state index in [1.54, 1.807) is 14.2 Å². The summed E-state index contributed by atoms with van der Waals surface area (Å²) in [5.74, 6) is 4.92. The first-order valence-corrected chi connectivity index (χ1v) is 3.35. The third-order valence-electron chi connectivity index (χ3n) is 1.51. The summed E-state index contributed by atoms with van der Waals surface area (Å²) in [5.41, 5.74) is 2.04. The van der Waals surface area contributed by atoms with Crippen molar-refractivity contribution in [3.8, 4) is 0 Å². The highest BCUT2D eigenvalue weighted by Crippen LogP contribution is 1.94. The van der Waals surface area contributed by atoms with E-state index in [4.69, 9.17) is 10.6 Å². The summed E-state index contributed by atoms with van der Waals surface area (Å²) in [4.78, 5) is 12.3. The van der Waals surface area contributed by atoms with Gasteiger partial charge in [0.25, 0.3) is 0 Å². The fourth-order valence-corrected chi connectivity index (χ4v) is 0.655. The van der Waals surface area contributed by atoms with E-state index >= 15 is 0 Å². The Morgan fingerprint density at radius 1 is 1.82 bits per heavy atom. The first-order chi connectivity index (χ1) is 5.13. The lowest BCUT2D eigenvalue weighted by Gasteiger charge is -2.23. The molecule has 66 valence electrons. The monoisotopic (exact) mass is 161 g/mol. The number of hydrogen-bond donors (Lipinski definition) is 2. The largest absolute Gasteiger partial charge is 0.383 e. The van der Waals surface area contributed by atoms with Gasteiger partial charge in [-0.15, -0.1) is 0 Å². The molecule has 5 nitrogen and oxygen atoms in total. The van der Waals surface area contributed by atoms with E-state index in [9.17, 15) is 4.79 Å². The van der Waals surface area contributed by atoms with Gasteiger partial charge >= 0.3 is 6.03 Å². The van der Waals surface area contributed by atoms with Crippen LogP contribution in [0.4, 0.5) is 4.79 Å². The third kappa shape index (κ3) is 3.20. The number of nitrogens with zero attached hydrogens (tertiary/aromatic N) is 1. The fraction of sp³-hybridized carbons (Fsp3) is 0.833. The standard InChI is InChI=1S/C6H15N3O2/c1-5(4-11-3)9(2)6(10)8-7/h5H,4,7H2,1-3H3,(H,8,10). The molecule has 0 aromatic heterocycles. The van der Waals surface area contributed by atoms with Gasteiger partial charge in [-0.3, -0.25) is 5.43 Å². The zero-order chi connectivity index (χ0) is 8.85. The van der Waals surface area contributed by atoms with Gasteiger partial charge in [-0.2, -0.15) is 0 Å². The van der Waals surface area contributed by atoms with Crippen molar-refractivity contribution in [2.75, 3.05) is 20.8 Å². The van der Waals surface area contributed by atoms with Gasteiger partial charge in [0.15, 0.2) is 0 Å². The summed E-state index contributed by atoms with van der Waals surface area (Å²) in [7, 11) is 3.25. The summed E-state index contributed by atoms with van der Waals surface area (Å²) in [5, 5.41) is 0. The topological polar surface area (TPSA) is 67.6 Å². The van der Waals surface area contributed by atoms with Crippen LogP contribution in [0.25, 0.3) is 0 Å². The van der Waals surface area contributed by atoms with Crippen molar-refractivity contribution in [2.45, 2.75) is 13.0 Å². The first-order valence-electron chi connectivity index (χ1n) is 3.35. The maximum absolute atomic E-state index is 10.9. The quantitative estimate of drug-likeness (QED) is 0.334. The Labute approximate surface area is 66.5 Å². The maximum Gasteiger partial charge on any atom is 0.331 e. The van der Waals surface area contributed by atoms with Gasteiger partial charge in [-0.05, 0) is 6.92 Å². The van der Waals surface area contributed by atoms with Gasteiger partial charge in [0, 0.05) is 14.2 Å². The number of nitrogens with two attached hydrogens (primary N) is 1. The minimum absolute atomic E-state index is 0.0311. The highest BCUT2D eigenvalue weighted by atomic mass is 16.5. The van der Waals surface area contributed by atoms with Crippen molar-refractivity contribution in [2.24, 2.45) is 5.84 Å². The van der Waals surface area contributed by atoms with Crippen LogP contribution in [-0.2, 0) is 4.74 Å². The molecule has 2 amide bonds. The van der Waals surface area contributed by atoms with E-state index < -0.39 is 0 Å². The van der Waals surface area contributed by atoms with Crippen LogP contribution in [0.5, 0.6) is 0 Å². The zero-order valence-corrected chi connectivity index (χ0v) is 7.13. The SMILES string of the molecule is COCC(C)N(C)C(=O)NN. The Kier molecular flexibility index (Phi) is 4.56. The molecule has 0 aliphatic carbocycles. The molecule has 3 N–H and O–H groups in total. The van der Waals surface area contributed by atoms with Crippen LogP contribution in [0.3, 0.4) is 0 Å². The van der Waals surface area contributed by atoms with E-state index in [0.717, 1.165) is 0 Å². The Bertz CT molecular complexity index is 129. The number of hydrazine groups is 1. The van der Waals surface area contributed by atoms with Gasteiger partial charge < -0.3 is 9.64 Å². The van der Waals surface area contributed by atoms with Crippen molar-refractivity contribution < 1.29 is 9.53 Å². The molecule has 5 heteroatoms. The lowest BCUT2D eigenvalue weighted by atomic mass is 10.3. The van der Waals surface area contributed by atoms with Gasteiger partial charge in [0.05, 0.1) is 12.6 Å². The van der Waals surface area contributed by atoms with Crippen molar-refractivity contribution >= 4 is 6.03 Å². The van der Waals surface area contributed by atoms with Gasteiger partial charge in [0.2, 0.25) is 0 Å². The van der Waals surface area contributed by atoms with Crippen LogP contribution >= 0.6 is 0 Å². The molecular weight excluding hydrogens is 146 g/mol. The number of carbonyl (C=O) groups excluding carboxylic acids is 1. The summed E-state index contributed by atoms with van der Waals surface area (Å²) >= 11 is 0. The number of hydrogen-bond acceptors (Lipinski definition) is 3. The Morgan fingerprint density at radius 2 is 2.36 bits per heavy atom. The second-order valence-electron chi connectivity index (χ2n) is 2.36. The maximum atomic E-state index is 10.9. The van der Waals surface area contributed by atoms with Gasteiger partial charge in [-0.1, -0.05) is 0 Å². The molecule has 0 spiro atoms. The summed E-state index contributed by atoms with van der Waals surface area (Å²) in [6, 6.07) is -0.280. The van der Waals surface area contributed by atoms with E-state index in [2.05, 4.69) is 0 Å². The fourth-order valence-electron chi connectivity index (χ4n) is 0.655. The van der Waals surface area contributed by atoms with Crippen molar-refractivity contribution in [3.05, 3.63) is 0 Å². The molecule has 0 rings (SSSR count). The number of ether oxygens (including phenoxy) is 1. The molecule has 0 heterocycles. The van der Waals surface area contributed by atoms with E-state index in [1.165, 1.54) is 4.90 Å². The van der Waals surface area contributed by atoms with E-state index in [0.29, 0.717) is 6.61 Å². The number of amides is 2. The van der Waals surface area contributed by atoms with Gasteiger partial charge in [-0.25, -0.2) is 10.6 Å². The van der Waals surface area contributed by atoms with Crippen molar-refractivity contribution in [3.63, 3.8) is 0 Å². The van der Waals surface area contributed by atoms with Crippen LogP contribution in [0.1, 0.15) is 6.92 Å². The predicted octanol–water partition coefficient (Wildman–Crippen LogP) is -0.464. The summed E-state index contributed by atoms with van der Waals surface area (Å²) in [6.07, 6.45) is 0. The molecule has 0 bridgehead atoms. The molecule has 11 heavy (non-hydrogen) atoms. The Morgan fingerprint density at radius 3 is 2.73 bits per heavy atom. The lowest BCUT2D eigenvalue weighted by Crippen LogP contribution is -2.46. The van der Waals surface area contributed by atoms with E-state index in [1.807, 2.05) is 12.3 Å². The zero-order valence-electron chi connectivity index (χ0n) is 7.13. The molecule has 0 aromatic carbocycles. The predicted molar refractivity (Wildman–Crippen MR) is 41.8 cm³/mol. The van der Waals surface area contributed by atoms with Gasteiger partial charge in [0.1, 0.15) is 0 Å². The first kappa shape index (κ1) is 10.2. The van der Waals surface area contributed by atoms with Crippen molar-refractivity contribution in [1.29, 1.82) is 0 Å². The summed E-state index contributed by atoms with van der Waals surface area (Å²) < 4.78 is 4.86. The molecule has 0 aliphatic rings. The number of rotatable bonds is 3. The normalized spacial score (nSPS) is 12.4. The average Bonchev–Trinajstić information content (AvgIpc) is 2.02. The van der Waals surface area contributed by atoms with Crippen LogP contribution in [0.15, 0.2) is 0 Å². The van der Waals surface area contributed by atoms with Crippen LogP contribution in [0.2, 0.25) is 0 Å². The molecule has 0 fully saturated rings. The molecule has 0 aliphatic heterocycles. The second-order valence-corrected chi connectivity index (χ2v) is 2.36.